The van der Waals surface area contributed by atoms with Crippen LogP contribution in [-0.2, 0) is 5.41 Å². The largest absolute Gasteiger partial charge is 0.351 e. The second-order valence-corrected chi connectivity index (χ2v) is 6.45. The third-order valence-corrected chi connectivity index (χ3v) is 4.92. The molecule has 0 saturated heterocycles. The van der Waals surface area contributed by atoms with Crippen molar-refractivity contribution in [3.63, 3.8) is 0 Å². The summed E-state index contributed by atoms with van der Waals surface area (Å²) in [7, 11) is 0. The molecule has 118 valence electrons. The highest BCUT2D eigenvalue weighted by atomic mass is 16.1. The molecule has 1 amide bonds. The molecule has 3 rings (SSSR count). The first-order chi connectivity index (χ1) is 11.2. The molecule has 0 heterocycles. The number of amides is 1. The van der Waals surface area contributed by atoms with Gasteiger partial charge in [-0.1, -0.05) is 60.7 Å². The Hall–Kier alpha value is -2.35. The molecule has 1 fully saturated rings. The van der Waals surface area contributed by atoms with Gasteiger partial charge in [-0.15, -0.1) is 0 Å². The van der Waals surface area contributed by atoms with E-state index in [1.165, 1.54) is 11.1 Å². The van der Waals surface area contributed by atoms with Gasteiger partial charge in [-0.3, -0.25) is 4.79 Å². The standard InChI is InChI=1S/C21H23NO/c1-17-12-14-21(15-13-17,19-10-6-3-7-11-19)16-22-20(23)18-8-4-2-5-9-18/h2-11H,1,12-16H2,(H,22,23). The Morgan fingerprint density at radius 1 is 0.957 bits per heavy atom. The smallest absolute Gasteiger partial charge is 0.251 e. The van der Waals surface area contributed by atoms with Gasteiger partial charge in [0, 0.05) is 17.5 Å². The van der Waals surface area contributed by atoms with Gasteiger partial charge in [0.15, 0.2) is 0 Å². The van der Waals surface area contributed by atoms with E-state index < -0.39 is 0 Å². The van der Waals surface area contributed by atoms with Crippen molar-refractivity contribution >= 4 is 5.91 Å². The maximum absolute atomic E-state index is 12.4. The molecule has 0 unspecified atom stereocenters. The summed E-state index contributed by atoms with van der Waals surface area (Å²) in [6.07, 6.45) is 4.17. The molecule has 2 aromatic rings. The van der Waals surface area contributed by atoms with Gasteiger partial charge in [-0.05, 0) is 43.4 Å². The first-order valence-electron chi connectivity index (χ1n) is 8.25. The number of allylic oxidation sites excluding steroid dienone is 1. The molecule has 0 aliphatic heterocycles. The quantitative estimate of drug-likeness (QED) is 0.829. The molecule has 1 aliphatic carbocycles. The summed E-state index contributed by atoms with van der Waals surface area (Å²) in [5.41, 5.74) is 3.38. The second kappa shape index (κ2) is 6.82. The van der Waals surface area contributed by atoms with E-state index in [-0.39, 0.29) is 11.3 Å². The van der Waals surface area contributed by atoms with Gasteiger partial charge in [0.25, 0.3) is 5.91 Å². The predicted octanol–water partition coefficient (Wildman–Crippen LogP) is 4.48. The topological polar surface area (TPSA) is 29.1 Å². The van der Waals surface area contributed by atoms with E-state index in [0.29, 0.717) is 6.54 Å². The molecule has 2 heteroatoms. The number of carbonyl (C=O) groups excluding carboxylic acids is 1. The molecule has 1 N–H and O–H groups in total. The minimum atomic E-state index is 0.00491. The average Bonchev–Trinajstić information content (AvgIpc) is 2.63. The molecule has 0 bridgehead atoms. The molecular weight excluding hydrogens is 282 g/mol. The van der Waals surface area contributed by atoms with Gasteiger partial charge in [0.05, 0.1) is 0 Å². The molecule has 2 aromatic carbocycles. The van der Waals surface area contributed by atoms with E-state index in [4.69, 9.17) is 0 Å². The van der Waals surface area contributed by atoms with E-state index in [1.807, 2.05) is 36.4 Å². The van der Waals surface area contributed by atoms with Crippen molar-refractivity contribution < 1.29 is 4.79 Å². The number of hydrogen-bond acceptors (Lipinski definition) is 1. The van der Waals surface area contributed by atoms with Crippen LogP contribution in [0.3, 0.4) is 0 Å². The third kappa shape index (κ3) is 3.53. The van der Waals surface area contributed by atoms with Crippen LogP contribution in [0, 0.1) is 0 Å². The average molecular weight is 305 g/mol. The van der Waals surface area contributed by atoms with Crippen molar-refractivity contribution in [3.05, 3.63) is 83.9 Å². The van der Waals surface area contributed by atoms with Gasteiger partial charge in [0.2, 0.25) is 0 Å². The SMILES string of the molecule is C=C1CCC(CNC(=O)c2ccccc2)(c2ccccc2)CC1. The minimum Gasteiger partial charge on any atom is -0.351 e. The Bertz CT molecular complexity index is 666. The summed E-state index contributed by atoms with van der Waals surface area (Å²) in [6.45, 7) is 4.81. The fraction of sp³-hybridized carbons (Fsp3) is 0.286. The zero-order valence-electron chi connectivity index (χ0n) is 13.4. The van der Waals surface area contributed by atoms with Crippen molar-refractivity contribution in [2.45, 2.75) is 31.1 Å². The molecule has 23 heavy (non-hydrogen) atoms. The zero-order chi connectivity index (χ0) is 16.1. The lowest BCUT2D eigenvalue weighted by Crippen LogP contribution is -2.42. The molecular formula is C21H23NO. The van der Waals surface area contributed by atoms with E-state index in [1.54, 1.807) is 0 Å². The van der Waals surface area contributed by atoms with Crippen LogP contribution < -0.4 is 5.32 Å². The molecule has 0 aromatic heterocycles. The summed E-state index contributed by atoms with van der Waals surface area (Å²) < 4.78 is 0. The Morgan fingerprint density at radius 2 is 1.52 bits per heavy atom. The zero-order valence-corrected chi connectivity index (χ0v) is 13.4. The highest BCUT2D eigenvalue weighted by molar-refractivity contribution is 5.94. The third-order valence-electron chi connectivity index (χ3n) is 4.92. The Kier molecular flexibility index (Phi) is 4.61. The molecule has 1 aliphatic rings. The minimum absolute atomic E-state index is 0.00491. The fourth-order valence-corrected chi connectivity index (χ4v) is 3.38. The lowest BCUT2D eigenvalue weighted by molar-refractivity contribution is 0.0939. The Balaban J connectivity index is 1.77. The molecule has 0 atom stereocenters. The maximum atomic E-state index is 12.4. The van der Waals surface area contributed by atoms with Crippen LogP contribution in [0.4, 0.5) is 0 Å². The van der Waals surface area contributed by atoms with Crippen LogP contribution in [0.5, 0.6) is 0 Å². The summed E-state index contributed by atoms with van der Waals surface area (Å²) in [5, 5.41) is 3.15. The van der Waals surface area contributed by atoms with Crippen LogP contribution in [-0.4, -0.2) is 12.5 Å². The summed E-state index contributed by atoms with van der Waals surface area (Å²) in [5.74, 6) is 0.00491. The van der Waals surface area contributed by atoms with Gasteiger partial charge in [-0.25, -0.2) is 0 Å². The van der Waals surface area contributed by atoms with Crippen LogP contribution in [0.25, 0.3) is 0 Å². The molecule has 0 radical (unpaired) electrons. The fourth-order valence-electron chi connectivity index (χ4n) is 3.38. The molecule has 2 nitrogen and oxygen atoms in total. The first kappa shape index (κ1) is 15.5. The monoisotopic (exact) mass is 305 g/mol. The van der Waals surface area contributed by atoms with Crippen LogP contribution in [0.15, 0.2) is 72.8 Å². The van der Waals surface area contributed by atoms with Gasteiger partial charge < -0.3 is 5.32 Å². The number of hydrogen-bond donors (Lipinski definition) is 1. The molecule has 0 spiro atoms. The van der Waals surface area contributed by atoms with Crippen molar-refractivity contribution in [1.29, 1.82) is 0 Å². The van der Waals surface area contributed by atoms with Gasteiger partial charge in [-0.2, -0.15) is 0 Å². The Labute approximate surface area is 138 Å². The first-order valence-corrected chi connectivity index (χ1v) is 8.25. The van der Waals surface area contributed by atoms with Crippen LogP contribution >= 0.6 is 0 Å². The molecule has 1 saturated carbocycles. The van der Waals surface area contributed by atoms with Crippen molar-refractivity contribution in [1.82, 2.24) is 5.32 Å². The number of benzene rings is 2. The second-order valence-electron chi connectivity index (χ2n) is 6.45. The van der Waals surface area contributed by atoms with E-state index >= 15 is 0 Å². The van der Waals surface area contributed by atoms with Crippen LogP contribution in [0.2, 0.25) is 0 Å². The maximum Gasteiger partial charge on any atom is 0.251 e. The van der Waals surface area contributed by atoms with E-state index in [9.17, 15) is 4.79 Å². The summed E-state index contributed by atoms with van der Waals surface area (Å²) in [6, 6.07) is 20.0. The normalized spacial score (nSPS) is 16.8. The highest BCUT2D eigenvalue weighted by Crippen LogP contribution is 2.40. The van der Waals surface area contributed by atoms with Gasteiger partial charge >= 0.3 is 0 Å². The van der Waals surface area contributed by atoms with Crippen molar-refractivity contribution in [3.8, 4) is 0 Å². The predicted molar refractivity (Wildman–Crippen MR) is 94.5 cm³/mol. The van der Waals surface area contributed by atoms with E-state index in [0.717, 1.165) is 31.2 Å². The summed E-state index contributed by atoms with van der Waals surface area (Å²) >= 11 is 0. The number of nitrogens with one attached hydrogen (secondary N) is 1. The van der Waals surface area contributed by atoms with Crippen molar-refractivity contribution in [2.24, 2.45) is 0 Å². The van der Waals surface area contributed by atoms with Crippen molar-refractivity contribution in [2.75, 3.05) is 6.54 Å². The van der Waals surface area contributed by atoms with E-state index in [2.05, 4.69) is 36.2 Å². The van der Waals surface area contributed by atoms with Crippen LogP contribution in [0.1, 0.15) is 41.6 Å². The number of rotatable bonds is 4. The van der Waals surface area contributed by atoms with Gasteiger partial charge in [0.1, 0.15) is 0 Å². The Morgan fingerprint density at radius 3 is 2.13 bits per heavy atom. The number of carbonyl (C=O) groups is 1. The summed E-state index contributed by atoms with van der Waals surface area (Å²) in [4.78, 5) is 12.4. The highest BCUT2D eigenvalue weighted by Gasteiger charge is 2.35. The lowest BCUT2D eigenvalue weighted by Gasteiger charge is -2.39. The lowest BCUT2D eigenvalue weighted by atomic mass is 9.68.